The van der Waals surface area contributed by atoms with Crippen LogP contribution < -0.4 is 15.5 Å². The first-order chi connectivity index (χ1) is 14.9. The molecule has 3 amide bonds. The van der Waals surface area contributed by atoms with Gasteiger partial charge in [-0.15, -0.1) is 0 Å². The number of carbonyl (C=O) groups is 3. The Morgan fingerprint density at radius 2 is 1.84 bits per heavy atom. The molecule has 0 aliphatic carbocycles. The number of aryl methyl sites for hydroxylation is 1. The van der Waals surface area contributed by atoms with E-state index in [9.17, 15) is 14.4 Å². The Bertz CT molecular complexity index is 925. The Morgan fingerprint density at radius 3 is 2.48 bits per heavy atom. The van der Waals surface area contributed by atoms with Crippen molar-refractivity contribution in [3.8, 4) is 0 Å². The van der Waals surface area contributed by atoms with E-state index >= 15 is 0 Å². The molecule has 1 aliphatic heterocycles. The van der Waals surface area contributed by atoms with Gasteiger partial charge in [-0.25, -0.2) is 14.6 Å². The van der Waals surface area contributed by atoms with Crippen LogP contribution in [0, 0.1) is 6.92 Å². The molecule has 10 heteroatoms. The van der Waals surface area contributed by atoms with E-state index in [-0.39, 0.29) is 12.6 Å². The first-order valence-corrected chi connectivity index (χ1v) is 11.0. The number of urea groups is 1. The lowest BCUT2D eigenvalue weighted by molar-refractivity contribution is -0.117. The standard InChI is InChI=1S/C21H27N5O4S/c1-4-30-19(28)17-14(2)22-20(31-17)24-18(27)15(3)23-21(29)26-12-10-25(11-13-26)16-8-6-5-7-9-16/h5-9,15H,4,10-13H2,1-3H3,(H,23,29)(H,22,24,27). The second-order valence-corrected chi connectivity index (χ2v) is 8.12. The number of nitrogens with zero attached hydrogens (tertiary/aromatic N) is 3. The van der Waals surface area contributed by atoms with Crippen molar-refractivity contribution < 1.29 is 19.1 Å². The average Bonchev–Trinajstić information content (AvgIpc) is 3.14. The number of thiazole rings is 1. The van der Waals surface area contributed by atoms with E-state index in [1.54, 1.807) is 25.7 Å². The molecule has 0 saturated carbocycles. The second-order valence-electron chi connectivity index (χ2n) is 7.12. The highest BCUT2D eigenvalue weighted by molar-refractivity contribution is 7.17. The summed E-state index contributed by atoms with van der Waals surface area (Å²) in [5.41, 5.74) is 1.63. The number of anilines is 2. The molecule has 1 unspecified atom stereocenters. The Balaban J connectivity index is 1.49. The molecule has 166 valence electrons. The van der Waals surface area contributed by atoms with E-state index in [1.165, 1.54) is 0 Å². The van der Waals surface area contributed by atoms with E-state index in [0.717, 1.165) is 30.1 Å². The predicted molar refractivity (Wildman–Crippen MR) is 120 cm³/mol. The molecule has 1 saturated heterocycles. The second kappa shape index (κ2) is 10.3. The fraction of sp³-hybridized carbons (Fsp3) is 0.429. The van der Waals surface area contributed by atoms with Crippen molar-refractivity contribution in [1.82, 2.24) is 15.2 Å². The maximum Gasteiger partial charge on any atom is 0.350 e. The molecule has 1 aromatic heterocycles. The van der Waals surface area contributed by atoms with E-state index in [1.807, 2.05) is 18.2 Å². The maximum absolute atomic E-state index is 12.6. The third-order valence-electron chi connectivity index (χ3n) is 4.91. The monoisotopic (exact) mass is 445 g/mol. The Morgan fingerprint density at radius 1 is 1.16 bits per heavy atom. The van der Waals surface area contributed by atoms with E-state index in [0.29, 0.717) is 28.8 Å². The molecule has 1 aromatic carbocycles. The summed E-state index contributed by atoms with van der Waals surface area (Å²) in [6, 6.07) is 9.03. The lowest BCUT2D eigenvalue weighted by Gasteiger charge is -2.36. The summed E-state index contributed by atoms with van der Waals surface area (Å²) in [6.07, 6.45) is 0. The lowest BCUT2D eigenvalue weighted by Crippen LogP contribution is -2.54. The number of aromatic nitrogens is 1. The number of hydrogen-bond donors (Lipinski definition) is 2. The number of esters is 1. The molecule has 2 N–H and O–H groups in total. The van der Waals surface area contributed by atoms with Gasteiger partial charge < -0.3 is 25.2 Å². The molecule has 3 rings (SSSR count). The molecule has 1 aliphatic rings. The summed E-state index contributed by atoms with van der Waals surface area (Å²) in [7, 11) is 0. The van der Waals surface area contributed by atoms with Gasteiger partial charge in [0.25, 0.3) is 0 Å². The molecule has 1 atom stereocenters. The van der Waals surface area contributed by atoms with Crippen LogP contribution in [0.5, 0.6) is 0 Å². The number of hydrogen-bond acceptors (Lipinski definition) is 7. The lowest BCUT2D eigenvalue weighted by atomic mass is 10.2. The number of benzene rings is 1. The zero-order valence-electron chi connectivity index (χ0n) is 17.9. The van der Waals surface area contributed by atoms with Crippen molar-refractivity contribution in [2.24, 2.45) is 0 Å². The van der Waals surface area contributed by atoms with Crippen molar-refractivity contribution in [3.63, 3.8) is 0 Å². The predicted octanol–water partition coefficient (Wildman–Crippen LogP) is 2.49. The summed E-state index contributed by atoms with van der Waals surface area (Å²) in [5, 5.41) is 5.68. The van der Waals surface area contributed by atoms with Gasteiger partial charge in [0.2, 0.25) is 5.91 Å². The Labute approximate surface area is 185 Å². The highest BCUT2D eigenvalue weighted by Gasteiger charge is 2.25. The summed E-state index contributed by atoms with van der Waals surface area (Å²) >= 11 is 1.05. The molecule has 1 fully saturated rings. The van der Waals surface area contributed by atoms with Crippen LogP contribution in [0.3, 0.4) is 0 Å². The van der Waals surface area contributed by atoms with Crippen molar-refractivity contribution in [2.45, 2.75) is 26.8 Å². The molecule has 2 aromatic rings. The van der Waals surface area contributed by atoms with Crippen LogP contribution in [0.2, 0.25) is 0 Å². The minimum Gasteiger partial charge on any atom is -0.462 e. The van der Waals surface area contributed by atoms with Crippen LogP contribution in [0.4, 0.5) is 15.6 Å². The smallest absolute Gasteiger partial charge is 0.350 e. The van der Waals surface area contributed by atoms with Gasteiger partial charge in [-0.1, -0.05) is 29.5 Å². The van der Waals surface area contributed by atoms with Crippen LogP contribution in [0.15, 0.2) is 30.3 Å². The number of para-hydroxylation sites is 1. The van der Waals surface area contributed by atoms with Crippen LogP contribution in [0.25, 0.3) is 0 Å². The molecule has 0 radical (unpaired) electrons. The highest BCUT2D eigenvalue weighted by atomic mass is 32.1. The van der Waals surface area contributed by atoms with Gasteiger partial charge in [0, 0.05) is 31.9 Å². The largest absolute Gasteiger partial charge is 0.462 e. The van der Waals surface area contributed by atoms with Gasteiger partial charge in [-0.3, -0.25) is 4.79 Å². The molecule has 31 heavy (non-hydrogen) atoms. The van der Waals surface area contributed by atoms with Crippen molar-refractivity contribution in [3.05, 3.63) is 40.9 Å². The van der Waals surface area contributed by atoms with Crippen LogP contribution in [0.1, 0.15) is 29.2 Å². The Kier molecular flexibility index (Phi) is 7.45. The van der Waals surface area contributed by atoms with Crippen molar-refractivity contribution in [2.75, 3.05) is 43.0 Å². The maximum atomic E-state index is 12.6. The minimum absolute atomic E-state index is 0.264. The summed E-state index contributed by atoms with van der Waals surface area (Å²) in [4.78, 5) is 45.4. The highest BCUT2D eigenvalue weighted by Crippen LogP contribution is 2.23. The topological polar surface area (TPSA) is 104 Å². The molecule has 0 bridgehead atoms. The quantitative estimate of drug-likeness (QED) is 0.662. The number of piperazine rings is 1. The minimum atomic E-state index is -0.755. The Hall–Kier alpha value is -3.14. The van der Waals surface area contributed by atoms with E-state index in [4.69, 9.17) is 4.74 Å². The third-order valence-corrected chi connectivity index (χ3v) is 5.96. The van der Waals surface area contributed by atoms with Gasteiger partial charge in [0.05, 0.1) is 12.3 Å². The molecule has 9 nitrogen and oxygen atoms in total. The average molecular weight is 446 g/mol. The van der Waals surface area contributed by atoms with Crippen molar-refractivity contribution in [1.29, 1.82) is 0 Å². The molecule has 2 heterocycles. The molecular formula is C21H27N5O4S. The zero-order chi connectivity index (χ0) is 22.4. The molecular weight excluding hydrogens is 418 g/mol. The van der Waals surface area contributed by atoms with Gasteiger partial charge in [0.15, 0.2) is 5.13 Å². The number of rotatable bonds is 6. The van der Waals surface area contributed by atoms with Gasteiger partial charge in [0.1, 0.15) is 10.9 Å². The SMILES string of the molecule is CCOC(=O)c1sc(NC(=O)C(C)NC(=O)N2CCN(c3ccccc3)CC2)nc1C. The normalized spacial score (nSPS) is 14.7. The fourth-order valence-corrected chi connectivity index (χ4v) is 4.06. The number of carbonyl (C=O) groups excluding carboxylic acids is 3. The fourth-order valence-electron chi connectivity index (χ4n) is 3.20. The van der Waals surface area contributed by atoms with Crippen LogP contribution >= 0.6 is 11.3 Å². The summed E-state index contributed by atoms with van der Waals surface area (Å²) in [5.74, 6) is -0.866. The van der Waals surface area contributed by atoms with Crippen molar-refractivity contribution >= 4 is 40.1 Å². The zero-order valence-corrected chi connectivity index (χ0v) is 18.7. The first-order valence-electron chi connectivity index (χ1n) is 10.2. The molecule has 0 spiro atoms. The van der Waals surface area contributed by atoms with Crippen LogP contribution in [-0.2, 0) is 9.53 Å². The van der Waals surface area contributed by atoms with Gasteiger partial charge in [-0.2, -0.15) is 0 Å². The van der Waals surface area contributed by atoms with E-state index < -0.39 is 17.9 Å². The van der Waals surface area contributed by atoms with Gasteiger partial charge >= 0.3 is 12.0 Å². The third kappa shape index (κ3) is 5.72. The number of amides is 3. The number of nitrogens with one attached hydrogen (secondary N) is 2. The summed E-state index contributed by atoms with van der Waals surface area (Å²) in [6.45, 7) is 7.88. The summed E-state index contributed by atoms with van der Waals surface area (Å²) < 4.78 is 4.98. The van der Waals surface area contributed by atoms with E-state index in [2.05, 4.69) is 32.7 Å². The van der Waals surface area contributed by atoms with Crippen LogP contribution in [-0.4, -0.2) is 66.6 Å². The number of ether oxygens (including phenoxy) is 1. The first kappa shape index (κ1) is 22.5. The van der Waals surface area contributed by atoms with Gasteiger partial charge in [-0.05, 0) is 32.9 Å².